The van der Waals surface area contributed by atoms with Crippen molar-refractivity contribution in [1.82, 2.24) is 9.88 Å². The largest absolute Gasteiger partial charge is 0.456 e. The second-order valence-electron chi connectivity index (χ2n) is 11.7. The molecule has 1 heterocycles. The smallest absolute Gasteiger partial charge is 0.339 e. The molecule has 1 atom stereocenters. The molecule has 224 valence electrons. The fraction of sp³-hybridized carbons (Fsp3) is 0.237. The van der Waals surface area contributed by atoms with E-state index in [0.29, 0.717) is 23.3 Å². The highest BCUT2D eigenvalue weighted by molar-refractivity contribution is 9.10. The molecule has 0 spiro atoms. The van der Waals surface area contributed by atoms with Crippen LogP contribution in [0.1, 0.15) is 56.1 Å². The van der Waals surface area contributed by atoms with Crippen LogP contribution < -0.4 is 5.32 Å². The highest BCUT2D eigenvalue weighted by atomic mass is 79.9. The van der Waals surface area contributed by atoms with Gasteiger partial charge in [-0.25, -0.2) is 4.79 Å². The summed E-state index contributed by atoms with van der Waals surface area (Å²) in [6.07, 6.45) is 6.89. The Morgan fingerprint density at radius 3 is 2.30 bits per heavy atom. The molecular weight excluding hydrogens is 596 g/mol. The molecule has 0 aliphatic carbocycles. The zero-order valence-electron chi connectivity index (χ0n) is 26.3. The number of aromatic nitrogens is 1. The van der Waals surface area contributed by atoms with Crippen LogP contribution in [0.25, 0.3) is 16.6 Å². The van der Waals surface area contributed by atoms with Crippen LogP contribution in [0.4, 0.5) is 0 Å². The van der Waals surface area contributed by atoms with Gasteiger partial charge in [0, 0.05) is 39.4 Å². The van der Waals surface area contributed by atoms with Gasteiger partial charge in [-0.15, -0.1) is 0 Å². The van der Waals surface area contributed by atoms with Gasteiger partial charge in [-0.2, -0.15) is 0 Å². The molecule has 3 aromatic rings. The highest BCUT2D eigenvalue weighted by Crippen LogP contribution is 2.30. The average molecular weight is 640 g/mol. The number of ether oxygens (including phenoxy) is 1. The number of hydrogen-bond acceptors (Lipinski definition) is 3. The second kappa shape index (κ2) is 13.9. The van der Waals surface area contributed by atoms with Crippen molar-refractivity contribution in [3.63, 3.8) is 0 Å². The number of carbonyl (C=O) groups is 1. The van der Waals surface area contributed by atoms with Crippen molar-refractivity contribution in [3.8, 4) is 0 Å². The van der Waals surface area contributed by atoms with Crippen molar-refractivity contribution in [3.05, 3.63) is 149 Å². The fourth-order valence-electron chi connectivity index (χ4n) is 4.71. The maximum absolute atomic E-state index is 12.7. The summed E-state index contributed by atoms with van der Waals surface area (Å²) in [5.41, 5.74) is 8.32. The lowest BCUT2D eigenvalue weighted by Crippen LogP contribution is -2.25. The normalized spacial score (nSPS) is 12.7. The standard InChI is InChI=1S/C38H43BrN2O2/c1-12-13-34(37(42)43-38(9,10)11)26(4)25(3)15-14-24(2)23-41-30(8)27(5)35-22-32(18-21-36(35)41)29(7)40-28(6)31-16-19-33(39)20-17-31/h12-22,28,40H,1-4,7,23H2,5-6,8-11H3/b15-14-,34-13+. The lowest BCUT2D eigenvalue weighted by atomic mass is 9.99. The third-order valence-electron chi connectivity index (χ3n) is 7.25. The first kappa shape index (κ1) is 33.4. The zero-order chi connectivity index (χ0) is 32.1. The maximum Gasteiger partial charge on any atom is 0.339 e. The minimum absolute atomic E-state index is 0.122. The van der Waals surface area contributed by atoms with Crippen LogP contribution in [0.2, 0.25) is 0 Å². The van der Waals surface area contributed by atoms with E-state index in [1.54, 1.807) is 12.2 Å². The van der Waals surface area contributed by atoms with E-state index in [1.807, 2.05) is 45.1 Å². The topological polar surface area (TPSA) is 43.3 Å². The molecule has 1 unspecified atom stereocenters. The molecule has 0 aliphatic rings. The number of nitrogens with one attached hydrogen (secondary N) is 1. The predicted octanol–water partition coefficient (Wildman–Crippen LogP) is 10.0. The number of aryl methyl sites for hydroxylation is 1. The minimum Gasteiger partial charge on any atom is -0.456 e. The van der Waals surface area contributed by atoms with Crippen LogP contribution >= 0.6 is 15.9 Å². The Balaban J connectivity index is 1.75. The molecule has 0 amide bonds. The lowest BCUT2D eigenvalue weighted by molar-refractivity contribution is -0.149. The van der Waals surface area contributed by atoms with Gasteiger partial charge >= 0.3 is 5.97 Å². The number of benzene rings is 2. The summed E-state index contributed by atoms with van der Waals surface area (Å²) >= 11 is 3.50. The molecule has 0 radical (unpaired) electrons. The summed E-state index contributed by atoms with van der Waals surface area (Å²) in [5.74, 6) is -0.462. The Bertz CT molecular complexity index is 1660. The first-order chi connectivity index (χ1) is 20.1. The van der Waals surface area contributed by atoms with Gasteiger partial charge in [0.25, 0.3) is 0 Å². The molecule has 0 fully saturated rings. The number of esters is 1. The molecule has 0 saturated heterocycles. The highest BCUT2D eigenvalue weighted by Gasteiger charge is 2.22. The quantitative estimate of drug-likeness (QED) is 0.122. The van der Waals surface area contributed by atoms with Crippen molar-refractivity contribution < 1.29 is 9.53 Å². The fourth-order valence-corrected chi connectivity index (χ4v) is 4.98. The first-order valence-corrected chi connectivity index (χ1v) is 15.0. The number of fused-ring (bicyclic) bond motifs is 1. The third-order valence-corrected chi connectivity index (χ3v) is 7.77. The summed E-state index contributed by atoms with van der Waals surface area (Å²) in [6.45, 7) is 33.0. The van der Waals surface area contributed by atoms with Crippen LogP contribution in [-0.4, -0.2) is 16.1 Å². The Morgan fingerprint density at radius 1 is 1.05 bits per heavy atom. The molecule has 1 N–H and O–H groups in total. The number of allylic oxidation sites excluding steroid dienone is 6. The van der Waals surface area contributed by atoms with Gasteiger partial charge < -0.3 is 14.6 Å². The number of carbonyl (C=O) groups excluding carboxylic acids is 1. The maximum atomic E-state index is 12.7. The molecule has 0 saturated carbocycles. The Kier molecular flexibility index (Phi) is 10.8. The number of halogens is 1. The van der Waals surface area contributed by atoms with Crippen molar-refractivity contribution in [2.45, 2.75) is 59.7 Å². The van der Waals surface area contributed by atoms with Gasteiger partial charge in [0.05, 0.1) is 5.57 Å². The van der Waals surface area contributed by atoms with Crippen molar-refractivity contribution in [2.75, 3.05) is 0 Å². The van der Waals surface area contributed by atoms with E-state index in [-0.39, 0.29) is 6.04 Å². The van der Waals surface area contributed by atoms with Crippen molar-refractivity contribution in [2.24, 2.45) is 0 Å². The number of hydrogen-bond donors (Lipinski definition) is 1. The van der Waals surface area contributed by atoms with Crippen LogP contribution in [0.3, 0.4) is 0 Å². The van der Waals surface area contributed by atoms with Crippen molar-refractivity contribution >= 4 is 38.5 Å². The van der Waals surface area contributed by atoms with E-state index < -0.39 is 11.6 Å². The average Bonchev–Trinajstić information content (AvgIpc) is 3.17. The molecule has 0 bridgehead atoms. The summed E-state index contributed by atoms with van der Waals surface area (Å²) in [7, 11) is 0. The van der Waals surface area contributed by atoms with E-state index in [4.69, 9.17) is 4.74 Å². The second-order valence-corrected chi connectivity index (χ2v) is 12.7. The number of nitrogens with zero attached hydrogens (tertiary/aromatic N) is 1. The van der Waals surface area contributed by atoms with E-state index in [2.05, 4.69) is 110 Å². The third kappa shape index (κ3) is 8.48. The lowest BCUT2D eigenvalue weighted by Gasteiger charge is -2.21. The summed E-state index contributed by atoms with van der Waals surface area (Å²) < 4.78 is 8.86. The van der Waals surface area contributed by atoms with Gasteiger partial charge in [0.2, 0.25) is 0 Å². The predicted molar refractivity (Wildman–Crippen MR) is 187 cm³/mol. The Morgan fingerprint density at radius 2 is 1.70 bits per heavy atom. The number of rotatable bonds is 12. The molecule has 3 rings (SSSR count). The summed E-state index contributed by atoms with van der Waals surface area (Å²) in [6, 6.07) is 14.9. The monoisotopic (exact) mass is 638 g/mol. The van der Waals surface area contributed by atoms with Crippen molar-refractivity contribution in [1.29, 1.82) is 0 Å². The van der Waals surface area contributed by atoms with Gasteiger partial charge in [-0.3, -0.25) is 0 Å². The minimum atomic E-state index is -0.623. The molecule has 2 aromatic carbocycles. The SMILES string of the molecule is C=C/C=C(\C(=C)C(=C)/C=C\C(=C)Cn1c(C)c(C)c2cc(C(=C)NC(C)c3ccc(Br)cc3)ccc21)C(=O)OC(C)(C)C. The van der Waals surface area contributed by atoms with Crippen LogP contribution in [0, 0.1) is 13.8 Å². The molecule has 4 nitrogen and oxygen atoms in total. The van der Waals surface area contributed by atoms with Gasteiger partial charge in [-0.05, 0) is 105 Å². The molecule has 0 aliphatic heterocycles. The van der Waals surface area contributed by atoms with E-state index in [1.165, 1.54) is 22.2 Å². The Hall–Kier alpha value is -4.09. The van der Waals surface area contributed by atoms with Crippen LogP contribution in [-0.2, 0) is 16.1 Å². The Labute approximate surface area is 265 Å². The molecule has 1 aromatic heterocycles. The van der Waals surface area contributed by atoms with E-state index in [0.717, 1.165) is 26.8 Å². The van der Waals surface area contributed by atoms with Gasteiger partial charge in [-0.1, -0.05) is 85.3 Å². The summed E-state index contributed by atoms with van der Waals surface area (Å²) in [5, 5.41) is 4.73. The van der Waals surface area contributed by atoms with E-state index >= 15 is 0 Å². The molecule has 5 heteroatoms. The molecular formula is C38H43BrN2O2. The zero-order valence-corrected chi connectivity index (χ0v) is 27.9. The van der Waals surface area contributed by atoms with Crippen LogP contribution in [0.5, 0.6) is 0 Å². The first-order valence-electron chi connectivity index (χ1n) is 14.2. The van der Waals surface area contributed by atoms with Gasteiger partial charge in [0.1, 0.15) is 5.60 Å². The van der Waals surface area contributed by atoms with Gasteiger partial charge in [0.15, 0.2) is 0 Å². The molecule has 43 heavy (non-hydrogen) atoms. The summed E-state index contributed by atoms with van der Waals surface area (Å²) in [4.78, 5) is 12.7. The van der Waals surface area contributed by atoms with Crippen LogP contribution in [0.15, 0.2) is 126 Å². The van der Waals surface area contributed by atoms with E-state index in [9.17, 15) is 4.79 Å².